The number of rotatable bonds is 1. The van der Waals surface area contributed by atoms with E-state index < -0.39 is 0 Å². The van der Waals surface area contributed by atoms with E-state index in [-0.39, 0.29) is 0 Å². The highest BCUT2D eigenvalue weighted by atomic mass is 15.1. The number of hydrogen-bond acceptors (Lipinski definition) is 2. The molecule has 1 saturated heterocycles. The summed E-state index contributed by atoms with van der Waals surface area (Å²) in [5.74, 6) is 0.808. The van der Waals surface area contributed by atoms with Crippen molar-refractivity contribution < 1.29 is 0 Å². The van der Waals surface area contributed by atoms with Gasteiger partial charge in [0.05, 0.1) is 11.3 Å². The summed E-state index contributed by atoms with van der Waals surface area (Å²) in [5, 5.41) is 10.1. The first-order valence-corrected chi connectivity index (χ1v) is 10.2. The van der Waals surface area contributed by atoms with Gasteiger partial charge in [-0.3, -0.25) is 0 Å². The molecule has 0 unspecified atom stereocenters. The second kappa shape index (κ2) is 6.16. The maximum absolute atomic E-state index is 10.1. The summed E-state index contributed by atoms with van der Waals surface area (Å²) in [5.41, 5.74) is 11.0. The highest BCUT2D eigenvalue weighted by Gasteiger charge is 2.32. The van der Waals surface area contributed by atoms with Crippen LogP contribution in [0, 0.1) is 17.2 Å². The molecule has 0 atom stereocenters. The van der Waals surface area contributed by atoms with Crippen molar-refractivity contribution >= 4 is 5.69 Å². The van der Waals surface area contributed by atoms with Gasteiger partial charge in [0.1, 0.15) is 6.07 Å². The van der Waals surface area contributed by atoms with Crippen LogP contribution in [0.3, 0.4) is 0 Å². The fourth-order valence-corrected chi connectivity index (χ4v) is 5.40. The SMILES string of the molecule is CC1CCN(c2c(C#N)c3c(c4c2CCc2ccccc2-4)CCC3)CC1. The average molecular weight is 342 g/mol. The lowest BCUT2D eigenvalue weighted by molar-refractivity contribution is 0.437. The summed E-state index contributed by atoms with van der Waals surface area (Å²) in [6, 6.07) is 11.6. The van der Waals surface area contributed by atoms with Crippen molar-refractivity contribution in [3.8, 4) is 17.2 Å². The molecule has 1 aliphatic heterocycles. The highest BCUT2D eigenvalue weighted by molar-refractivity contribution is 5.86. The van der Waals surface area contributed by atoms with E-state index >= 15 is 0 Å². The van der Waals surface area contributed by atoms with Gasteiger partial charge >= 0.3 is 0 Å². The Bertz CT molecular complexity index is 911. The molecule has 0 aromatic heterocycles. The summed E-state index contributed by atoms with van der Waals surface area (Å²) in [6.45, 7) is 4.56. The molecule has 1 fully saturated rings. The van der Waals surface area contributed by atoms with Crippen LogP contribution in [0.1, 0.15) is 54.0 Å². The van der Waals surface area contributed by atoms with Crippen molar-refractivity contribution in [2.24, 2.45) is 5.92 Å². The van der Waals surface area contributed by atoms with Crippen LogP contribution in [0.5, 0.6) is 0 Å². The molecule has 2 aliphatic carbocycles. The zero-order valence-corrected chi connectivity index (χ0v) is 15.6. The predicted octanol–water partition coefficient (Wildman–Crippen LogP) is 5.05. The molecule has 0 saturated carbocycles. The minimum atomic E-state index is 0.808. The molecule has 2 aromatic rings. The molecule has 0 radical (unpaired) electrons. The minimum Gasteiger partial charge on any atom is -0.370 e. The van der Waals surface area contributed by atoms with Crippen molar-refractivity contribution in [1.82, 2.24) is 0 Å². The summed E-state index contributed by atoms with van der Waals surface area (Å²) in [4.78, 5) is 2.55. The van der Waals surface area contributed by atoms with Crippen molar-refractivity contribution in [2.45, 2.75) is 51.9 Å². The summed E-state index contributed by atoms with van der Waals surface area (Å²) in [6.07, 6.45) is 8.07. The zero-order chi connectivity index (χ0) is 17.7. The minimum absolute atomic E-state index is 0.808. The molecule has 3 aliphatic rings. The van der Waals surface area contributed by atoms with E-state index in [4.69, 9.17) is 0 Å². The zero-order valence-electron chi connectivity index (χ0n) is 15.6. The van der Waals surface area contributed by atoms with Crippen molar-refractivity contribution in [3.63, 3.8) is 0 Å². The molecule has 0 N–H and O–H groups in total. The average Bonchev–Trinajstić information content (AvgIpc) is 3.16. The van der Waals surface area contributed by atoms with E-state index in [9.17, 15) is 5.26 Å². The smallest absolute Gasteiger partial charge is 0.102 e. The maximum atomic E-state index is 10.1. The third kappa shape index (κ3) is 2.30. The van der Waals surface area contributed by atoms with E-state index in [1.807, 2.05) is 0 Å². The first kappa shape index (κ1) is 15.9. The number of benzene rings is 2. The highest BCUT2D eigenvalue weighted by Crippen LogP contribution is 2.47. The Balaban J connectivity index is 1.77. The van der Waals surface area contributed by atoms with Gasteiger partial charge in [0, 0.05) is 13.1 Å². The van der Waals surface area contributed by atoms with Crippen molar-refractivity contribution in [3.05, 3.63) is 52.1 Å². The van der Waals surface area contributed by atoms with Crippen LogP contribution in [-0.4, -0.2) is 13.1 Å². The lowest BCUT2D eigenvalue weighted by Crippen LogP contribution is -2.34. The lowest BCUT2D eigenvalue weighted by Gasteiger charge is -2.37. The Kier molecular flexibility index (Phi) is 3.78. The topological polar surface area (TPSA) is 27.0 Å². The van der Waals surface area contributed by atoms with E-state index in [1.54, 1.807) is 0 Å². The second-order valence-corrected chi connectivity index (χ2v) is 8.33. The fraction of sp³-hybridized carbons (Fsp3) is 0.458. The largest absolute Gasteiger partial charge is 0.370 e. The number of piperidine rings is 1. The van der Waals surface area contributed by atoms with Crippen LogP contribution in [0.25, 0.3) is 11.1 Å². The summed E-state index contributed by atoms with van der Waals surface area (Å²) >= 11 is 0. The van der Waals surface area contributed by atoms with E-state index in [1.165, 1.54) is 58.3 Å². The molecule has 26 heavy (non-hydrogen) atoms. The monoisotopic (exact) mass is 342 g/mol. The van der Waals surface area contributed by atoms with Crippen LogP contribution in [0.4, 0.5) is 5.69 Å². The predicted molar refractivity (Wildman–Crippen MR) is 107 cm³/mol. The molecule has 0 amide bonds. The number of fused-ring (bicyclic) bond motifs is 5. The van der Waals surface area contributed by atoms with Crippen LogP contribution in [0.2, 0.25) is 0 Å². The Labute approximate surface area is 156 Å². The molecule has 2 aromatic carbocycles. The molecule has 2 heteroatoms. The fourth-order valence-electron chi connectivity index (χ4n) is 5.40. The standard InChI is InChI=1S/C24H26N2/c1-16-11-13-26(14-12-16)24-21-10-9-17-5-2-3-6-18(17)23(21)20-8-4-7-19(20)22(24)15-25/h2-3,5-6,16H,4,7-14H2,1H3. The molecule has 1 heterocycles. The van der Waals surface area contributed by atoms with Gasteiger partial charge < -0.3 is 4.90 Å². The molecular formula is C24H26N2. The van der Waals surface area contributed by atoms with Crippen molar-refractivity contribution in [2.75, 3.05) is 18.0 Å². The van der Waals surface area contributed by atoms with Gasteiger partial charge in [-0.1, -0.05) is 31.2 Å². The Morgan fingerprint density at radius 1 is 0.962 bits per heavy atom. The molecule has 132 valence electrons. The van der Waals surface area contributed by atoms with Crippen LogP contribution < -0.4 is 4.90 Å². The Hall–Kier alpha value is -2.27. The quantitative estimate of drug-likeness (QED) is 0.725. The first-order chi connectivity index (χ1) is 12.8. The molecule has 5 rings (SSSR count). The normalized spacial score (nSPS) is 18.8. The summed E-state index contributed by atoms with van der Waals surface area (Å²) in [7, 11) is 0. The van der Waals surface area contributed by atoms with Gasteiger partial charge in [-0.15, -0.1) is 0 Å². The summed E-state index contributed by atoms with van der Waals surface area (Å²) < 4.78 is 0. The van der Waals surface area contributed by atoms with Crippen LogP contribution >= 0.6 is 0 Å². The number of aryl methyl sites for hydroxylation is 1. The van der Waals surface area contributed by atoms with E-state index in [0.717, 1.165) is 50.3 Å². The van der Waals surface area contributed by atoms with Crippen LogP contribution in [0.15, 0.2) is 24.3 Å². The number of nitrogens with zero attached hydrogens (tertiary/aromatic N) is 2. The van der Waals surface area contributed by atoms with Gasteiger partial charge in [0.2, 0.25) is 0 Å². The number of nitriles is 1. The third-order valence-electron chi connectivity index (χ3n) is 6.79. The van der Waals surface area contributed by atoms with E-state index in [2.05, 4.69) is 42.2 Å². The maximum Gasteiger partial charge on any atom is 0.102 e. The third-order valence-corrected chi connectivity index (χ3v) is 6.79. The molecule has 0 bridgehead atoms. The number of anilines is 1. The van der Waals surface area contributed by atoms with Gasteiger partial charge in [-0.05, 0) is 84.2 Å². The second-order valence-electron chi connectivity index (χ2n) is 8.33. The lowest BCUT2D eigenvalue weighted by atomic mass is 9.78. The number of hydrogen-bond donors (Lipinski definition) is 0. The first-order valence-electron chi connectivity index (χ1n) is 10.2. The van der Waals surface area contributed by atoms with E-state index in [0.29, 0.717) is 0 Å². The van der Waals surface area contributed by atoms with Gasteiger partial charge in [0.25, 0.3) is 0 Å². The Morgan fingerprint density at radius 2 is 1.73 bits per heavy atom. The molecular weight excluding hydrogens is 316 g/mol. The molecule has 2 nitrogen and oxygen atoms in total. The van der Waals surface area contributed by atoms with Gasteiger partial charge in [-0.25, -0.2) is 0 Å². The van der Waals surface area contributed by atoms with Crippen molar-refractivity contribution in [1.29, 1.82) is 5.26 Å². The van der Waals surface area contributed by atoms with Crippen LogP contribution in [-0.2, 0) is 25.7 Å². The van der Waals surface area contributed by atoms with Gasteiger partial charge in [-0.2, -0.15) is 5.26 Å². The Morgan fingerprint density at radius 3 is 2.54 bits per heavy atom. The molecule has 0 spiro atoms. The van der Waals surface area contributed by atoms with Gasteiger partial charge in [0.15, 0.2) is 0 Å².